The smallest absolute Gasteiger partial charge is 0.247 e. The quantitative estimate of drug-likeness (QED) is 0.793. The van der Waals surface area contributed by atoms with Gasteiger partial charge in [-0.2, -0.15) is 0 Å². The number of hydrogen-bond acceptors (Lipinski definition) is 6. The minimum atomic E-state index is 0.142. The molecule has 26 heavy (non-hydrogen) atoms. The van der Waals surface area contributed by atoms with Crippen molar-refractivity contribution in [2.75, 3.05) is 46.8 Å². The number of hydrogen-bond donors (Lipinski definition) is 0. The van der Waals surface area contributed by atoms with E-state index in [9.17, 15) is 4.79 Å². The van der Waals surface area contributed by atoms with E-state index >= 15 is 0 Å². The van der Waals surface area contributed by atoms with E-state index in [0.717, 1.165) is 38.2 Å². The summed E-state index contributed by atoms with van der Waals surface area (Å²) in [7, 11) is 3.58. The number of likely N-dealkylation sites (N-methyl/N-ethyl adjacent to an activating group) is 1. The number of benzene rings is 1. The molecule has 0 radical (unpaired) electrons. The second kappa shape index (κ2) is 8.62. The zero-order valence-corrected chi connectivity index (χ0v) is 15.9. The van der Waals surface area contributed by atoms with Crippen molar-refractivity contribution in [2.45, 2.75) is 13.0 Å². The first kappa shape index (κ1) is 18.8. The van der Waals surface area contributed by atoms with Crippen LogP contribution in [0, 0.1) is 0 Å². The van der Waals surface area contributed by atoms with E-state index < -0.39 is 0 Å². The van der Waals surface area contributed by atoms with E-state index in [0.29, 0.717) is 29.9 Å². The molecule has 1 aromatic heterocycles. The molecule has 1 saturated heterocycles. The Kier molecular flexibility index (Phi) is 6.24. The van der Waals surface area contributed by atoms with Gasteiger partial charge in [-0.25, -0.2) is 0 Å². The van der Waals surface area contributed by atoms with Crippen molar-refractivity contribution in [2.24, 2.45) is 0 Å². The Balaban J connectivity index is 1.55. The third-order valence-electron chi connectivity index (χ3n) is 4.46. The number of carbonyl (C=O) groups is 1. The van der Waals surface area contributed by atoms with Crippen molar-refractivity contribution < 1.29 is 9.21 Å². The molecule has 0 unspecified atom stereocenters. The molecule has 3 rings (SSSR count). The number of carbonyl (C=O) groups excluding carboxylic acids is 1. The molecule has 7 nitrogen and oxygen atoms in total. The summed E-state index contributed by atoms with van der Waals surface area (Å²) in [6, 6.07) is 7.34. The Morgan fingerprint density at radius 1 is 1.12 bits per heavy atom. The highest BCUT2D eigenvalue weighted by atomic mass is 35.5. The van der Waals surface area contributed by atoms with Crippen LogP contribution in [-0.4, -0.2) is 77.6 Å². The largest absolute Gasteiger partial charge is 0.419 e. The summed E-state index contributed by atoms with van der Waals surface area (Å²) in [6.45, 7) is 4.70. The summed E-state index contributed by atoms with van der Waals surface area (Å²) < 4.78 is 5.79. The second-order valence-corrected chi connectivity index (χ2v) is 7.14. The Morgan fingerprint density at radius 3 is 2.54 bits per heavy atom. The van der Waals surface area contributed by atoms with Crippen molar-refractivity contribution in [3.05, 3.63) is 35.2 Å². The number of aromatic nitrogens is 2. The fourth-order valence-electron chi connectivity index (χ4n) is 2.89. The Labute approximate surface area is 158 Å². The Morgan fingerprint density at radius 2 is 1.81 bits per heavy atom. The molecule has 1 aliphatic rings. The van der Waals surface area contributed by atoms with Crippen LogP contribution in [0.2, 0.25) is 5.02 Å². The summed E-state index contributed by atoms with van der Waals surface area (Å²) in [4.78, 5) is 18.0. The third kappa shape index (κ3) is 5.03. The van der Waals surface area contributed by atoms with E-state index in [1.807, 2.05) is 12.1 Å². The molecule has 0 saturated carbocycles. The minimum absolute atomic E-state index is 0.142. The highest BCUT2D eigenvalue weighted by Crippen LogP contribution is 2.20. The van der Waals surface area contributed by atoms with Crippen molar-refractivity contribution in [3.8, 4) is 11.5 Å². The maximum Gasteiger partial charge on any atom is 0.247 e. The number of nitrogens with zero attached hydrogens (tertiary/aromatic N) is 5. The number of rotatable bonds is 5. The topological polar surface area (TPSA) is 65.7 Å². The van der Waals surface area contributed by atoms with Crippen LogP contribution < -0.4 is 0 Å². The monoisotopic (exact) mass is 377 g/mol. The molecule has 140 valence electrons. The molecule has 0 spiro atoms. The van der Waals surface area contributed by atoms with Gasteiger partial charge in [-0.3, -0.25) is 14.6 Å². The lowest BCUT2D eigenvalue weighted by atomic mass is 10.2. The van der Waals surface area contributed by atoms with Crippen LogP contribution in [0.3, 0.4) is 0 Å². The van der Waals surface area contributed by atoms with Gasteiger partial charge in [-0.1, -0.05) is 11.6 Å². The minimum Gasteiger partial charge on any atom is -0.419 e. The lowest BCUT2D eigenvalue weighted by molar-refractivity contribution is -0.129. The standard InChI is InChI=1S/C18H24ClN5O2/c1-22(2)17(25)13-24-9-3-8-23(10-11-24)12-16-20-21-18(26-16)14-4-6-15(19)7-5-14/h4-7H,3,8-13H2,1-2H3. The van der Waals surface area contributed by atoms with Gasteiger partial charge in [0.1, 0.15) is 0 Å². The fourth-order valence-corrected chi connectivity index (χ4v) is 3.02. The highest BCUT2D eigenvalue weighted by Gasteiger charge is 2.19. The molecule has 1 fully saturated rings. The van der Waals surface area contributed by atoms with E-state index in [2.05, 4.69) is 20.0 Å². The average molecular weight is 378 g/mol. The molecule has 1 aromatic carbocycles. The van der Waals surface area contributed by atoms with Gasteiger partial charge in [-0.05, 0) is 43.8 Å². The van der Waals surface area contributed by atoms with Crippen LogP contribution in [-0.2, 0) is 11.3 Å². The second-order valence-electron chi connectivity index (χ2n) is 6.70. The third-order valence-corrected chi connectivity index (χ3v) is 4.71. The van der Waals surface area contributed by atoms with E-state index in [-0.39, 0.29) is 5.91 Å². The zero-order chi connectivity index (χ0) is 18.5. The highest BCUT2D eigenvalue weighted by molar-refractivity contribution is 6.30. The van der Waals surface area contributed by atoms with Gasteiger partial charge in [0.05, 0.1) is 13.1 Å². The van der Waals surface area contributed by atoms with Gasteiger partial charge in [0.15, 0.2) is 0 Å². The average Bonchev–Trinajstić information content (AvgIpc) is 2.96. The van der Waals surface area contributed by atoms with E-state index in [1.165, 1.54) is 0 Å². The van der Waals surface area contributed by atoms with Gasteiger partial charge < -0.3 is 9.32 Å². The lowest BCUT2D eigenvalue weighted by Gasteiger charge is -2.22. The number of halogens is 1. The van der Waals surface area contributed by atoms with E-state index in [4.69, 9.17) is 16.0 Å². The first-order valence-electron chi connectivity index (χ1n) is 8.74. The molecular weight excluding hydrogens is 354 g/mol. The van der Waals surface area contributed by atoms with Gasteiger partial charge in [0, 0.05) is 37.8 Å². The maximum atomic E-state index is 11.9. The molecule has 0 bridgehead atoms. The van der Waals surface area contributed by atoms with Gasteiger partial charge >= 0.3 is 0 Å². The first-order chi connectivity index (χ1) is 12.5. The molecule has 2 aromatic rings. The van der Waals surface area contributed by atoms with E-state index in [1.54, 1.807) is 31.1 Å². The van der Waals surface area contributed by atoms with Crippen LogP contribution in [0.1, 0.15) is 12.3 Å². The SMILES string of the molecule is CN(C)C(=O)CN1CCCN(Cc2nnc(-c3ccc(Cl)cc3)o2)CC1. The van der Waals surface area contributed by atoms with Crippen LogP contribution >= 0.6 is 11.6 Å². The molecule has 0 N–H and O–H groups in total. The predicted molar refractivity (Wildman–Crippen MR) is 99.8 cm³/mol. The summed E-state index contributed by atoms with van der Waals surface area (Å²) >= 11 is 5.91. The molecule has 2 heterocycles. The van der Waals surface area contributed by atoms with Crippen LogP contribution in [0.25, 0.3) is 11.5 Å². The lowest BCUT2D eigenvalue weighted by Crippen LogP contribution is -2.38. The van der Waals surface area contributed by atoms with Crippen LogP contribution in [0.5, 0.6) is 0 Å². The first-order valence-corrected chi connectivity index (χ1v) is 9.12. The van der Waals surface area contributed by atoms with Crippen molar-refractivity contribution in [1.29, 1.82) is 0 Å². The normalized spacial score (nSPS) is 16.4. The Hall–Kier alpha value is -1.96. The molecule has 1 aliphatic heterocycles. The predicted octanol–water partition coefficient (Wildman–Crippen LogP) is 1.99. The summed E-state index contributed by atoms with van der Waals surface area (Å²) in [5.41, 5.74) is 0.859. The van der Waals surface area contributed by atoms with Crippen molar-refractivity contribution in [3.63, 3.8) is 0 Å². The van der Waals surface area contributed by atoms with Crippen molar-refractivity contribution in [1.82, 2.24) is 24.9 Å². The van der Waals surface area contributed by atoms with Gasteiger partial charge in [-0.15, -0.1) is 10.2 Å². The summed E-state index contributed by atoms with van der Waals surface area (Å²) in [6.07, 6.45) is 1.01. The van der Waals surface area contributed by atoms with Gasteiger partial charge in [0.2, 0.25) is 17.7 Å². The molecule has 1 amide bonds. The van der Waals surface area contributed by atoms with Crippen LogP contribution in [0.4, 0.5) is 0 Å². The van der Waals surface area contributed by atoms with Crippen LogP contribution in [0.15, 0.2) is 28.7 Å². The fraction of sp³-hybridized carbons (Fsp3) is 0.500. The number of amides is 1. The van der Waals surface area contributed by atoms with Crippen molar-refractivity contribution >= 4 is 17.5 Å². The van der Waals surface area contributed by atoms with Gasteiger partial charge in [0.25, 0.3) is 0 Å². The molecule has 8 heteroatoms. The molecule has 0 atom stereocenters. The zero-order valence-electron chi connectivity index (χ0n) is 15.2. The Bertz CT molecular complexity index is 731. The summed E-state index contributed by atoms with van der Waals surface area (Å²) in [5, 5.41) is 8.97. The maximum absolute atomic E-state index is 11.9. The summed E-state index contributed by atoms with van der Waals surface area (Å²) in [5.74, 6) is 1.25. The molecular formula is C18H24ClN5O2. The molecule has 0 aliphatic carbocycles.